The third-order valence-electron chi connectivity index (χ3n) is 3.57. The van der Waals surface area contributed by atoms with E-state index in [-0.39, 0.29) is 30.4 Å². The van der Waals surface area contributed by atoms with Crippen LogP contribution in [0.25, 0.3) is 0 Å². The number of hydrogen-bond donors (Lipinski definition) is 2. The van der Waals surface area contributed by atoms with Gasteiger partial charge in [0.2, 0.25) is 0 Å². The SMILES string of the molecule is Cl.Nc1ncc(CN2CC(O)CC2c2ccc(F)cc2)s1. The second-order valence-corrected chi connectivity index (χ2v) is 6.20. The fourth-order valence-electron chi connectivity index (χ4n) is 2.68. The molecule has 114 valence electrons. The van der Waals surface area contributed by atoms with Crippen LogP contribution in [0.5, 0.6) is 0 Å². The molecule has 0 aliphatic carbocycles. The van der Waals surface area contributed by atoms with Crippen molar-refractivity contribution in [2.75, 3.05) is 12.3 Å². The number of nitrogens with two attached hydrogens (primary N) is 1. The highest BCUT2D eigenvalue weighted by Crippen LogP contribution is 2.34. The molecule has 0 bridgehead atoms. The van der Waals surface area contributed by atoms with Crippen molar-refractivity contribution in [2.45, 2.75) is 25.1 Å². The van der Waals surface area contributed by atoms with Crippen LogP contribution in [0.4, 0.5) is 9.52 Å². The minimum Gasteiger partial charge on any atom is -0.392 e. The third-order valence-corrected chi connectivity index (χ3v) is 4.38. The maximum absolute atomic E-state index is 13.0. The van der Waals surface area contributed by atoms with Gasteiger partial charge < -0.3 is 10.8 Å². The summed E-state index contributed by atoms with van der Waals surface area (Å²) in [6, 6.07) is 6.60. The first-order valence-corrected chi connectivity index (χ1v) is 7.31. The second-order valence-electron chi connectivity index (χ2n) is 5.05. The second kappa shape index (κ2) is 6.70. The lowest BCUT2D eigenvalue weighted by molar-refractivity contribution is 0.173. The fraction of sp³-hybridized carbons (Fsp3) is 0.357. The van der Waals surface area contributed by atoms with E-state index < -0.39 is 0 Å². The molecule has 1 fully saturated rings. The topological polar surface area (TPSA) is 62.4 Å². The number of aromatic nitrogens is 1. The van der Waals surface area contributed by atoms with Gasteiger partial charge >= 0.3 is 0 Å². The Bertz CT molecular complexity index is 592. The highest BCUT2D eigenvalue weighted by atomic mass is 35.5. The molecule has 0 radical (unpaired) electrons. The number of anilines is 1. The molecule has 3 rings (SSSR count). The molecule has 1 saturated heterocycles. The number of thiazole rings is 1. The van der Waals surface area contributed by atoms with E-state index >= 15 is 0 Å². The van der Waals surface area contributed by atoms with Crippen molar-refractivity contribution in [3.63, 3.8) is 0 Å². The Morgan fingerprint density at radius 2 is 2.10 bits per heavy atom. The number of aliphatic hydroxyl groups excluding tert-OH is 1. The third kappa shape index (κ3) is 3.71. The van der Waals surface area contributed by atoms with Gasteiger partial charge in [0.05, 0.1) is 6.10 Å². The smallest absolute Gasteiger partial charge is 0.180 e. The summed E-state index contributed by atoms with van der Waals surface area (Å²) >= 11 is 1.46. The highest BCUT2D eigenvalue weighted by Gasteiger charge is 2.32. The summed E-state index contributed by atoms with van der Waals surface area (Å²) in [5.41, 5.74) is 6.67. The van der Waals surface area contributed by atoms with Gasteiger partial charge in [-0.25, -0.2) is 9.37 Å². The lowest BCUT2D eigenvalue weighted by Gasteiger charge is -2.23. The van der Waals surface area contributed by atoms with Gasteiger partial charge in [-0.05, 0) is 24.1 Å². The van der Waals surface area contributed by atoms with Gasteiger partial charge in [0.25, 0.3) is 0 Å². The van der Waals surface area contributed by atoms with E-state index in [4.69, 9.17) is 5.73 Å². The van der Waals surface area contributed by atoms with Crippen LogP contribution in [-0.2, 0) is 6.54 Å². The molecule has 2 atom stereocenters. The molecule has 1 aromatic carbocycles. The minimum atomic E-state index is -0.352. The number of β-amino-alcohol motifs (C(OH)–C–C–N with tert-alkyl or cyclic N) is 1. The quantitative estimate of drug-likeness (QED) is 0.908. The van der Waals surface area contributed by atoms with Crippen molar-refractivity contribution in [1.82, 2.24) is 9.88 Å². The van der Waals surface area contributed by atoms with Gasteiger partial charge in [-0.1, -0.05) is 12.1 Å². The summed E-state index contributed by atoms with van der Waals surface area (Å²) in [6.07, 6.45) is 2.09. The molecular formula is C14H17ClFN3OS. The Hall–Kier alpha value is -1.21. The van der Waals surface area contributed by atoms with Crippen LogP contribution in [0.3, 0.4) is 0 Å². The number of benzene rings is 1. The first-order valence-electron chi connectivity index (χ1n) is 6.49. The van der Waals surface area contributed by atoms with Crippen LogP contribution in [0.1, 0.15) is 22.9 Å². The van der Waals surface area contributed by atoms with Gasteiger partial charge in [0, 0.05) is 30.2 Å². The van der Waals surface area contributed by atoms with E-state index in [0.29, 0.717) is 24.6 Å². The van der Waals surface area contributed by atoms with Gasteiger partial charge in [0.1, 0.15) is 5.82 Å². The summed E-state index contributed by atoms with van der Waals surface area (Å²) < 4.78 is 13.0. The summed E-state index contributed by atoms with van der Waals surface area (Å²) in [7, 11) is 0. The lowest BCUT2D eigenvalue weighted by atomic mass is 10.0. The van der Waals surface area contributed by atoms with Crippen LogP contribution in [-0.4, -0.2) is 27.6 Å². The van der Waals surface area contributed by atoms with Crippen LogP contribution < -0.4 is 5.73 Å². The van der Waals surface area contributed by atoms with Gasteiger partial charge in [-0.15, -0.1) is 23.7 Å². The summed E-state index contributed by atoms with van der Waals surface area (Å²) in [6.45, 7) is 1.31. The molecule has 1 aliphatic rings. The highest BCUT2D eigenvalue weighted by molar-refractivity contribution is 7.15. The number of aliphatic hydroxyl groups is 1. The maximum Gasteiger partial charge on any atom is 0.180 e. The molecular weight excluding hydrogens is 313 g/mol. The standard InChI is InChI=1S/C14H16FN3OS.ClH/c15-10-3-1-9(2-4-10)13-5-11(19)7-18(13)8-12-6-17-14(16)20-12;/h1-4,6,11,13,19H,5,7-8H2,(H2,16,17);1H. The van der Waals surface area contributed by atoms with Crippen molar-refractivity contribution in [1.29, 1.82) is 0 Å². The van der Waals surface area contributed by atoms with E-state index in [0.717, 1.165) is 10.4 Å². The zero-order valence-electron chi connectivity index (χ0n) is 11.3. The molecule has 3 N–H and O–H groups in total. The molecule has 4 nitrogen and oxygen atoms in total. The van der Waals surface area contributed by atoms with Crippen molar-refractivity contribution in [3.8, 4) is 0 Å². The Morgan fingerprint density at radius 1 is 1.38 bits per heavy atom. The van der Waals surface area contributed by atoms with Crippen LogP contribution >= 0.6 is 23.7 Å². The van der Waals surface area contributed by atoms with Gasteiger partial charge in [-0.3, -0.25) is 4.90 Å². The van der Waals surface area contributed by atoms with E-state index in [9.17, 15) is 9.50 Å². The maximum atomic E-state index is 13.0. The zero-order chi connectivity index (χ0) is 14.1. The predicted octanol–water partition coefficient (Wildman–Crippen LogP) is 2.59. The first kappa shape index (κ1) is 16.2. The average molecular weight is 330 g/mol. The Morgan fingerprint density at radius 3 is 2.71 bits per heavy atom. The van der Waals surface area contributed by atoms with E-state index in [1.54, 1.807) is 18.3 Å². The van der Waals surface area contributed by atoms with Crippen molar-refractivity contribution < 1.29 is 9.50 Å². The number of nitrogens with zero attached hydrogens (tertiary/aromatic N) is 2. The Balaban J connectivity index is 0.00000161. The molecule has 0 spiro atoms. The molecule has 0 amide bonds. The number of nitrogen functional groups attached to an aromatic ring is 1. The first-order chi connectivity index (χ1) is 9.61. The van der Waals surface area contributed by atoms with Crippen LogP contribution in [0.2, 0.25) is 0 Å². The van der Waals surface area contributed by atoms with E-state index in [2.05, 4.69) is 9.88 Å². The van der Waals surface area contributed by atoms with Crippen LogP contribution in [0, 0.1) is 5.82 Å². The molecule has 7 heteroatoms. The lowest BCUT2D eigenvalue weighted by Crippen LogP contribution is -2.23. The zero-order valence-corrected chi connectivity index (χ0v) is 12.9. The molecule has 21 heavy (non-hydrogen) atoms. The number of likely N-dealkylation sites (tertiary alicyclic amines) is 1. The fourth-order valence-corrected chi connectivity index (χ4v) is 3.39. The average Bonchev–Trinajstić information content (AvgIpc) is 2.97. The van der Waals surface area contributed by atoms with Crippen molar-refractivity contribution >= 4 is 28.9 Å². The summed E-state index contributed by atoms with van der Waals surface area (Å²) in [5, 5.41) is 10.5. The minimum absolute atomic E-state index is 0. The largest absolute Gasteiger partial charge is 0.392 e. The summed E-state index contributed by atoms with van der Waals surface area (Å²) in [4.78, 5) is 7.30. The predicted molar refractivity (Wildman–Crippen MR) is 83.9 cm³/mol. The van der Waals surface area contributed by atoms with Gasteiger partial charge in [-0.2, -0.15) is 0 Å². The number of rotatable bonds is 3. The molecule has 1 aliphatic heterocycles. The van der Waals surface area contributed by atoms with Crippen molar-refractivity contribution in [3.05, 3.63) is 46.7 Å². The monoisotopic (exact) mass is 329 g/mol. The summed E-state index contributed by atoms with van der Waals surface area (Å²) in [5.74, 6) is -0.242. The number of halogens is 2. The Labute approximate surface area is 132 Å². The van der Waals surface area contributed by atoms with Crippen molar-refractivity contribution in [2.24, 2.45) is 0 Å². The Kier molecular flexibility index (Phi) is 5.16. The molecule has 2 unspecified atom stereocenters. The molecule has 1 aromatic heterocycles. The van der Waals surface area contributed by atoms with Crippen LogP contribution in [0.15, 0.2) is 30.5 Å². The number of hydrogen-bond acceptors (Lipinski definition) is 5. The van der Waals surface area contributed by atoms with E-state index in [1.807, 2.05) is 0 Å². The van der Waals surface area contributed by atoms with E-state index in [1.165, 1.54) is 23.5 Å². The molecule has 0 saturated carbocycles. The molecule has 2 heterocycles. The van der Waals surface area contributed by atoms with Gasteiger partial charge in [0.15, 0.2) is 5.13 Å². The normalized spacial score (nSPS) is 22.2. The molecule has 2 aromatic rings.